The number of hydrogen-bond acceptors (Lipinski definition) is 3. The third kappa shape index (κ3) is 2.14. The van der Waals surface area contributed by atoms with Gasteiger partial charge in [-0.15, -0.1) is 0 Å². The van der Waals surface area contributed by atoms with Crippen LogP contribution in [0.3, 0.4) is 0 Å². The van der Waals surface area contributed by atoms with Gasteiger partial charge in [0.05, 0.1) is 0 Å². The van der Waals surface area contributed by atoms with Crippen molar-refractivity contribution < 1.29 is 14.2 Å². The van der Waals surface area contributed by atoms with Crippen molar-refractivity contribution in [2.24, 2.45) is 16.7 Å². The van der Waals surface area contributed by atoms with Crippen LogP contribution in [0.4, 0.5) is 0 Å². The first-order valence-corrected chi connectivity index (χ1v) is 7.77. The van der Waals surface area contributed by atoms with Crippen LogP contribution in [0.5, 0.6) is 0 Å². The van der Waals surface area contributed by atoms with Gasteiger partial charge in [0.25, 0.3) is 0 Å². The van der Waals surface area contributed by atoms with E-state index in [1.165, 1.54) is 0 Å². The Morgan fingerprint density at radius 2 is 1.70 bits per heavy atom. The molecule has 1 aromatic rings. The lowest BCUT2D eigenvalue weighted by atomic mass is 9.70. The van der Waals surface area contributed by atoms with Crippen LogP contribution in [0.25, 0.3) is 0 Å². The van der Waals surface area contributed by atoms with E-state index in [-0.39, 0.29) is 36.8 Å². The Labute approximate surface area is 121 Å². The summed E-state index contributed by atoms with van der Waals surface area (Å²) < 4.78 is 10.2. The summed E-state index contributed by atoms with van der Waals surface area (Å²) in [7, 11) is -0.320. The van der Waals surface area contributed by atoms with Crippen molar-refractivity contribution in [1.29, 1.82) is 0 Å². The monoisotopic (exact) mass is 291 g/mol. The molecule has 3 rings (SSSR count). The average molecular weight is 291 g/mol. The van der Waals surface area contributed by atoms with E-state index in [0.717, 1.165) is 18.1 Å². The van der Waals surface area contributed by atoms with Gasteiger partial charge in [0.1, 0.15) is 0 Å². The van der Waals surface area contributed by atoms with Crippen molar-refractivity contribution in [1.82, 2.24) is 0 Å². The van der Waals surface area contributed by atoms with Gasteiger partial charge in [-0.1, -0.05) is 43.5 Å². The number of rotatable bonds is 1. The van der Waals surface area contributed by atoms with Crippen LogP contribution in [-0.2, 0) is 14.2 Å². The van der Waals surface area contributed by atoms with Gasteiger partial charge in [-0.05, 0) is 30.4 Å². The fourth-order valence-electron chi connectivity index (χ4n) is 3.30. The van der Waals surface area contributed by atoms with Crippen LogP contribution in [0.2, 0.25) is 0 Å². The second-order valence-corrected chi connectivity index (χ2v) is 7.09. The van der Waals surface area contributed by atoms with E-state index in [4.69, 9.17) is 0 Å². The molecule has 2 aliphatic rings. The molecule has 0 amide bonds. The number of hydrogen-bond donors (Lipinski definition) is 0. The number of benzene rings is 1. The summed E-state index contributed by atoms with van der Waals surface area (Å²) in [6.07, 6.45) is 1.81. The quantitative estimate of drug-likeness (QED) is 0.590. The van der Waals surface area contributed by atoms with E-state index >= 15 is 0 Å². The Morgan fingerprint density at radius 1 is 1.10 bits per heavy atom. The van der Waals surface area contributed by atoms with Gasteiger partial charge in [0, 0.05) is 11.3 Å². The summed E-state index contributed by atoms with van der Waals surface area (Å²) in [6, 6.07) is 9.33. The zero-order valence-corrected chi connectivity index (χ0v) is 13.1. The molecule has 3 atom stereocenters. The van der Waals surface area contributed by atoms with Gasteiger partial charge >= 0.3 is 8.46 Å². The van der Waals surface area contributed by atoms with Crippen LogP contribution in [0, 0.1) is 16.7 Å². The minimum absolute atomic E-state index is 0.00926. The molecule has 2 saturated carbocycles. The fourth-order valence-corrected chi connectivity index (χ4v) is 3.63. The number of fused-ring (bicyclic) bond motifs is 2. The maximum atomic E-state index is 11.6. The van der Waals surface area contributed by atoms with Crippen molar-refractivity contribution in [3.05, 3.63) is 30.3 Å². The van der Waals surface area contributed by atoms with E-state index in [0.29, 0.717) is 0 Å². The minimum Gasteiger partial charge on any atom is -0.291 e. The van der Waals surface area contributed by atoms with Gasteiger partial charge in [0.15, 0.2) is 5.30 Å². The van der Waals surface area contributed by atoms with Gasteiger partial charge < -0.3 is 0 Å². The first-order valence-electron chi connectivity index (χ1n) is 6.86. The third-order valence-electron chi connectivity index (χ3n) is 5.16. The third-order valence-corrected chi connectivity index (χ3v) is 5.73. The second-order valence-electron chi connectivity index (χ2n) is 6.31. The SMILES string of the molecule is CC12CCC(C(=O)C1=O)C2(C)C.O=[PH+]c1ccccc1. The smallest absolute Gasteiger partial charge is 0.291 e. The van der Waals surface area contributed by atoms with E-state index in [1.807, 2.05) is 51.1 Å². The first-order chi connectivity index (χ1) is 9.34. The number of Topliss-reactive ketones (excluding diaryl/α,β-unsaturated/α-hetero) is 2. The summed E-state index contributed by atoms with van der Waals surface area (Å²) >= 11 is 0. The molecule has 0 saturated heterocycles. The van der Waals surface area contributed by atoms with E-state index in [9.17, 15) is 14.2 Å². The van der Waals surface area contributed by atoms with Crippen LogP contribution in [0.1, 0.15) is 33.6 Å². The number of carbonyl (C=O) groups is 2. The Hall–Kier alpha value is -1.34. The molecule has 0 radical (unpaired) electrons. The first kappa shape index (κ1) is 15.1. The largest absolute Gasteiger partial charge is 0.363 e. The maximum Gasteiger partial charge on any atom is 0.363 e. The van der Waals surface area contributed by atoms with Crippen molar-refractivity contribution in [3.8, 4) is 0 Å². The molecule has 3 unspecified atom stereocenters. The molecule has 106 valence electrons. The molecule has 0 aromatic heterocycles. The highest BCUT2D eigenvalue weighted by molar-refractivity contribution is 7.34. The van der Waals surface area contributed by atoms with E-state index in [1.54, 1.807) is 0 Å². The van der Waals surface area contributed by atoms with Crippen LogP contribution >= 0.6 is 8.46 Å². The molecule has 2 bridgehead atoms. The predicted octanol–water partition coefficient (Wildman–Crippen LogP) is 2.92. The Bertz CT molecular complexity index is 550. The normalized spacial score (nSPS) is 30.2. The Morgan fingerprint density at radius 3 is 2.00 bits per heavy atom. The van der Waals surface area contributed by atoms with Crippen molar-refractivity contribution in [3.63, 3.8) is 0 Å². The van der Waals surface area contributed by atoms with Crippen molar-refractivity contribution in [2.75, 3.05) is 0 Å². The summed E-state index contributed by atoms with van der Waals surface area (Å²) in [5, 5.41) is 0.882. The minimum atomic E-state index is -0.352. The summed E-state index contributed by atoms with van der Waals surface area (Å²) in [5.74, 6) is -0.229. The summed E-state index contributed by atoms with van der Waals surface area (Å²) in [4.78, 5) is 23.0. The highest BCUT2D eigenvalue weighted by Gasteiger charge is 2.66. The van der Waals surface area contributed by atoms with Gasteiger partial charge in [-0.25, -0.2) is 0 Å². The zero-order valence-electron chi connectivity index (χ0n) is 12.1. The molecule has 0 N–H and O–H groups in total. The molecule has 1 aromatic carbocycles. The molecular formula is C16H20O3P+. The molecular weight excluding hydrogens is 271 g/mol. The number of carbonyl (C=O) groups excluding carboxylic acids is 2. The highest BCUT2D eigenvalue weighted by atomic mass is 31.1. The molecule has 2 aliphatic carbocycles. The maximum absolute atomic E-state index is 11.6. The predicted molar refractivity (Wildman–Crippen MR) is 79.7 cm³/mol. The lowest BCUT2D eigenvalue weighted by molar-refractivity contribution is -0.141. The highest BCUT2D eigenvalue weighted by Crippen LogP contribution is 2.61. The molecule has 3 nitrogen and oxygen atoms in total. The fraction of sp³-hybridized carbons (Fsp3) is 0.500. The van der Waals surface area contributed by atoms with E-state index in [2.05, 4.69) is 0 Å². The molecule has 20 heavy (non-hydrogen) atoms. The van der Waals surface area contributed by atoms with Crippen molar-refractivity contribution >= 4 is 25.3 Å². The second kappa shape index (κ2) is 5.21. The van der Waals surface area contributed by atoms with Gasteiger partial charge in [-0.2, -0.15) is 0 Å². The molecule has 0 aliphatic heterocycles. The van der Waals surface area contributed by atoms with Crippen molar-refractivity contribution in [2.45, 2.75) is 33.6 Å². The standard InChI is InChI=1S/C10H14O2.C6H5OP/c1-9(2)6-4-5-10(9,3)8(12)7(6)11;7-8-6-4-2-1-3-5-6/h6H,4-5H2,1-3H3;1-5H/p+1. The summed E-state index contributed by atoms with van der Waals surface area (Å²) in [6.45, 7) is 6.04. The van der Waals surface area contributed by atoms with Gasteiger partial charge in [-0.3, -0.25) is 9.59 Å². The van der Waals surface area contributed by atoms with Crippen LogP contribution in [0.15, 0.2) is 30.3 Å². The molecule has 0 heterocycles. The molecule has 0 spiro atoms. The number of ketones is 2. The Kier molecular flexibility index (Phi) is 3.93. The summed E-state index contributed by atoms with van der Waals surface area (Å²) in [5.41, 5.74) is -0.448. The lowest BCUT2D eigenvalue weighted by Crippen LogP contribution is -2.33. The zero-order chi connectivity index (χ0) is 15.0. The van der Waals surface area contributed by atoms with Gasteiger partial charge in [0.2, 0.25) is 11.6 Å². The topological polar surface area (TPSA) is 51.2 Å². The Balaban J connectivity index is 0.000000160. The van der Waals surface area contributed by atoms with E-state index < -0.39 is 0 Å². The lowest BCUT2D eigenvalue weighted by Gasteiger charge is -2.31. The van der Waals surface area contributed by atoms with Crippen LogP contribution in [-0.4, -0.2) is 11.6 Å². The molecule has 4 heteroatoms. The van der Waals surface area contributed by atoms with Crippen LogP contribution < -0.4 is 5.30 Å². The average Bonchev–Trinajstić information content (AvgIpc) is 2.75. The molecule has 2 fully saturated rings.